The first-order valence-corrected chi connectivity index (χ1v) is 26.7. The van der Waals surface area contributed by atoms with Gasteiger partial charge in [0.15, 0.2) is 0 Å². The van der Waals surface area contributed by atoms with Gasteiger partial charge in [-0.25, -0.2) is 14.6 Å². The van der Waals surface area contributed by atoms with Gasteiger partial charge in [-0.1, -0.05) is 59.1 Å². The second-order valence-corrected chi connectivity index (χ2v) is 19.1. The van der Waals surface area contributed by atoms with Crippen molar-refractivity contribution in [2.75, 3.05) is 26.1 Å². The molecule has 7 aromatic heterocycles. The minimum absolute atomic E-state index is 0. The van der Waals surface area contributed by atoms with Crippen LogP contribution in [0.15, 0.2) is 122 Å². The van der Waals surface area contributed by atoms with E-state index in [9.17, 15) is 18.8 Å². The van der Waals surface area contributed by atoms with Crippen LogP contribution >= 0.6 is 46.4 Å². The van der Waals surface area contributed by atoms with Gasteiger partial charge in [0.2, 0.25) is 0 Å². The molecule has 4 N–H and O–H groups in total. The summed E-state index contributed by atoms with van der Waals surface area (Å²) in [6.07, 6.45) is 9.85. The maximum Gasteiger partial charge on any atom is 1.00 e. The average molecular weight is 1290 g/mol. The number of carbonyl (C=O) groups is 4. The van der Waals surface area contributed by atoms with E-state index in [0.717, 1.165) is 66.4 Å². The fourth-order valence-corrected chi connectivity index (χ4v) is 8.44. The molecule has 436 valence electrons. The van der Waals surface area contributed by atoms with Crippen molar-refractivity contribution < 1.29 is 149 Å². The molecule has 0 bridgehead atoms. The number of rotatable bonds is 13. The number of amides is 1. The fourth-order valence-electron chi connectivity index (χ4n) is 7.78. The van der Waals surface area contributed by atoms with Crippen LogP contribution in [0, 0.1) is 27.7 Å². The predicted octanol–water partition coefficient (Wildman–Crippen LogP) is 4.94. The number of esters is 2. The first-order valence-electron chi connectivity index (χ1n) is 25.7. The summed E-state index contributed by atoms with van der Waals surface area (Å²) in [4.78, 5) is 63.8. The SMILES string of the molecule is CCOC(=O)c1cn(Cc2ccc3ncc(Cl)cc3c2)nc1C.CCOC(=O)c1cn[nH]c1C.Cc1nc(N)ccc1CNC(=O)c1cn(Cc2ccc3ncc(Cl)cc3c2)nc1C.ClCc1ccc2ncc(Cl)cc2c1.O=CO[O-].[2H]CF.[H-].[K+].[K+]. The summed E-state index contributed by atoms with van der Waals surface area (Å²) in [5.74, 6) is 0.142. The smallest absolute Gasteiger partial charge is 1.00 e. The number of nitrogens with one attached hydrogen (secondary N) is 2. The number of ether oxygens (including phenoxy) is 2. The summed E-state index contributed by atoms with van der Waals surface area (Å²) in [6.45, 7) is 12.9. The molecule has 0 aliphatic heterocycles. The molecule has 0 saturated heterocycles. The van der Waals surface area contributed by atoms with E-state index in [1.165, 1.54) is 6.20 Å². The molecule has 0 radical (unpaired) electrons. The third-order valence-corrected chi connectivity index (χ3v) is 12.6. The van der Waals surface area contributed by atoms with Gasteiger partial charge >= 0.3 is 115 Å². The van der Waals surface area contributed by atoms with Crippen molar-refractivity contribution in [2.24, 2.45) is 0 Å². The van der Waals surface area contributed by atoms with Crippen LogP contribution in [0.3, 0.4) is 0 Å². The molecule has 0 atom stereocenters. The predicted molar refractivity (Wildman–Crippen MR) is 317 cm³/mol. The third-order valence-electron chi connectivity index (χ3n) is 11.6. The maximum absolute atomic E-state index is 12.7. The summed E-state index contributed by atoms with van der Waals surface area (Å²) in [6, 6.07) is 27.1. The van der Waals surface area contributed by atoms with E-state index in [4.69, 9.17) is 73.0 Å². The molecular weight excluding hydrogens is 1230 g/mol. The number of hydrogen-bond donors (Lipinski definition) is 3. The average Bonchev–Trinajstić information content (AvgIpc) is 2.85. The van der Waals surface area contributed by atoms with Crippen molar-refractivity contribution in [1.29, 1.82) is 0 Å². The second-order valence-electron chi connectivity index (χ2n) is 17.5. The molecule has 85 heavy (non-hydrogen) atoms. The van der Waals surface area contributed by atoms with E-state index in [2.05, 4.69) is 50.5 Å². The Kier molecular flexibility index (Phi) is 32.3. The molecule has 0 spiro atoms. The number of aromatic nitrogens is 10. The zero-order chi connectivity index (χ0) is 61.3. The molecule has 20 nitrogen and oxygen atoms in total. The number of nitrogens with zero attached hydrogens (tertiary/aromatic N) is 9. The van der Waals surface area contributed by atoms with E-state index in [-0.39, 0.29) is 129 Å². The van der Waals surface area contributed by atoms with E-state index >= 15 is 0 Å². The summed E-state index contributed by atoms with van der Waals surface area (Å²) < 4.78 is 28.8. The Labute approximate surface area is 597 Å². The van der Waals surface area contributed by atoms with Crippen molar-refractivity contribution in [1.82, 2.24) is 55.0 Å². The van der Waals surface area contributed by atoms with E-state index < -0.39 is 7.15 Å². The summed E-state index contributed by atoms with van der Waals surface area (Å²) in [5, 5.41) is 31.4. The Hall–Kier alpha value is -5.33. The van der Waals surface area contributed by atoms with Crippen LogP contribution in [0.5, 0.6) is 0 Å². The van der Waals surface area contributed by atoms with Crippen LogP contribution in [0.4, 0.5) is 10.2 Å². The normalized spacial score (nSPS) is 10.2. The van der Waals surface area contributed by atoms with Gasteiger partial charge in [0.25, 0.3) is 12.4 Å². The molecule has 0 aliphatic rings. The van der Waals surface area contributed by atoms with Gasteiger partial charge in [-0.2, -0.15) is 15.3 Å². The van der Waals surface area contributed by atoms with Crippen molar-refractivity contribution in [3.63, 3.8) is 0 Å². The number of nitrogens with two attached hydrogens (primary N) is 1. The zero-order valence-corrected chi connectivity index (χ0v) is 57.1. The number of benzene rings is 3. The van der Waals surface area contributed by atoms with E-state index in [1.54, 1.807) is 74.1 Å². The number of aryl methyl sites for hydroxylation is 4. The van der Waals surface area contributed by atoms with Crippen molar-refractivity contribution in [2.45, 2.75) is 67.1 Å². The summed E-state index contributed by atoms with van der Waals surface area (Å²) in [5.41, 5.74) is 16.9. The first-order chi connectivity index (χ1) is 40.3. The number of fused-ring (bicyclic) bond motifs is 3. The number of H-pyrrole nitrogens is 1. The van der Waals surface area contributed by atoms with Gasteiger partial charge in [-0.05, 0) is 124 Å². The van der Waals surface area contributed by atoms with Crippen LogP contribution in [0.25, 0.3) is 32.7 Å². The van der Waals surface area contributed by atoms with Crippen LogP contribution in [0.2, 0.25) is 15.1 Å². The molecule has 0 aliphatic carbocycles. The van der Waals surface area contributed by atoms with Gasteiger partial charge in [0.05, 0.1) is 89.6 Å². The van der Waals surface area contributed by atoms with Gasteiger partial charge in [-0.15, -0.1) is 11.6 Å². The molecular formula is C58H59Cl4FK2N12O8. The minimum Gasteiger partial charge on any atom is -1.00 e. The van der Waals surface area contributed by atoms with E-state index in [0.29, 0.717) is 87.7 Å². The number of hydrogen-bond acceptors (Lipinski definition) is 16. The summed E-state index contributed by atoms with van der Waals surface area (Å²) in [7, 11) is -1.00. The molecule has 0 fully saturated rings. The van der Waals surface area contributed by atoms with Crippen molar-refractivity contribution in [3.8, 4) is 0 Å². The Balaban J connectivity index is 0.000000400. The number of halogens is 5. The van der Waals surface area contributed by atoms with Gasteiger partial charge in [0.1, 0.15) is 16.9 Å². The van der Waals surface area contributed by atoms with Crippen LogP contribution in [-0.4, -0.2) is 94.4 Å². The Morgan fingerprint density at radius 1 is 0.694 bits per heavy atom. The quantitative estimate of drug-likeness (QED) is 0.0345. The summed E-state index contributed by atoms with van der Waals surface area (Å²) >= 11 is 23.6. The Bertz CT molecular complexity index is 3850. The largest absolute Gasteiger partial charge is 1.00 e. The standard InChI is InChI=1S/C22H21ClN6O.C17H16ClN3O2.C10H7Cl2N.C7H10N2O2.CH3F.CH2O3.2K.H/c1-13-16(4-6-21(24)27-13)9-26-22(30)19-12-29(28-14(19)2)11-15-3-5-20-17(7-15)8-18(23)10-25-20;1-3-23-17(22)15-10-21(20-11(15)2)9-12-4-5-16-13(6-12)7-14(18)8-19-16;11-5-7-1-2-10-8(3-7)4-9(12)6-13-10;1-3-11-7(10)6-4-8-9-5(6)2;1-2;2-1-4-3;;;/h3-8,10,12H,9,11H2,1-2H3,(H2,24,27)(H,26,30);4-8,10H,3,9H2,1-2H3;1-4,6H,5H2;4H,3H2,1-2H3,(H,8,9);1H3;1,3H;;;/q;;;;;;2*+1;-1/p-1/i;;;;1D;;;;. The molecule has 27 heteroatoms. The molecule has 0 unspecified atom stereocenters. The number of nitrogen functional groups attached to an aromatic ring is 1. The number of aromatic amines is 1. The molecule has 1 amide bonds. The third kappa shape index (κ3) is 23.0. The molecule has 0 saturated carbocycles. The monoisotopic (exact) mass is 1290 g/mol. The topological polar surface area (TPSA) is 273 Å². The Morgan fingerprint density at radius 2 is 1.13 bits per heavy atom. The molecule has 10 aromatic rings. The number of pyridine rings is 4. The number of carbonyl (C=O) groups excluding carboxylic acids is 4. The van der Waals surface area contributed by atoms with Crippen molar-refractivity contribution in [3.05, 3.63) is 199 Å². The van der Waals surface area contributed by atoms with Gasteiger partial charge < -0.3 is 32.1 Å². The second kappa shape index (κ2) is 38.1. The molecule has 10 rings (SSSR count). The van der Waals surface area contributed by atoms with Gasteiger partial charge in [0, 0.05) is 71.0 Å². The number of anilines is 1. The van der Waals surface area contributed by atoms with Gasteiger partial charge in [-0.3, -0.25) is 43.4 Å². The van der Waals surface area contributed by atoms with Crippen LogP contribution in [-0.2, 0) is 44.7 Å². The zero-order valence-electron chi connectivity index (χ0n) is 49.8. The van der Waals surface area contributed by atoms with Crippen LogP contribution in [0.1, 0.15) is 92.7 Å². The Morgan fingerprint density at radius 3 is 1.55 bits per heavy atom. The molecule has 3 aromatic carbocycles. The number of alkyl halides is 2. The van der Waals surface area contributed by atoms with E-state index in [1.807, 2.05) is 92.7 Å². The van der Waals surface area contributed by atoms with Crippen molar-refractivity contribution >= 4 is 109 Å². The maximum atomic E-state index is 12.7. The fraction of sp³-hybridized carbons (Fsp3) is 0.224. The van der Waals surface area contributed by atoms with Crippen LogP contribution < -0.4 is 119 Å². The molecule has 7 heterocycles. The minimum atomic E-state index is -1.00. The first kappa shape index (κ1) is 72.1.